The standard InChI is InChI=1S/C15H12Cl2NO6P/c16-11-7-10(8-12(17)9-11)15-5-6-22-25(21,24-15)23-14-3-1-13(2-4-14)18(19)20/h1-4,7-9,15H,5-6H2. The van der Waals surface area contributed by atoms with Crippen LogP contribution in [0.3, 0.4) is 0 Å². The van der Waals surface area contributed by atoms with Crippen LogP contribution in [-0.2, 0) is 13.6 Å². The van der Waals surface area contributed by atoms with Gasteiger partial charge in [-0.15, -0.1) is 0 Å². The molecule has 2 unspecified atom stereocenters. The van der Waals surface area contributed by atoms with Crippen LogP contribution in [0.15, 0.2) is 42.5 Å². The molecule has 1 saturated heterocycles. The lowest BCUT2D eigenvalue weighted by Crippen LogP contribution is -2.16. The van der Waals surface area contributed by atoms with Crippen LogP contribution in [0.5, 0.6) is 5.75 Å². The van der Waals surface area contributed by atoms with E-state index in [4.69, 9.17) is 36.8 Å². The highest BCUT2D eigenvalue weighted by Crippen LogP contribution is 2.56. The van der Waals surface area contributed by atoms with Gasteiger partial charge in [0.2, 0.25) is 0 Å². The maximum Gasteiger partial charge on any atom is 0.530 e. The van der Waals surface area contributed by atoms with Crippen molar-refractivity contribution in [3.63, 3.8) is 0 Å². The van der Waals surface area contributed by atoms with Gasteiger partial charge in [-0.3, -0.25) is 19.2 Å². The molecule has 1 fully saturated rings. The summed E-state index contributed by atoms with van der Waals surface area (Å²) in [6, 6.07) is 10.0. The summed E-state index contributed by atoms with van der Waals surface area (Å²) in [6.07, 6.45) is -0.113. The zero-order valence-corrected chi connectivity index (χ0v) is 15.0. The number of rotatable bonds is 4. The van der Waals surface area contributed by atoms with E-state index in [9.17, 15) is 14.7 Å². The second kappa shape index (κ2) is 7.32. The summed E-state index contributed by atoms with van der Waals surface area (Å²) in [6.45, 7) is 0.152. The Labute approximate surface area is 153 Å². The molecular weight excluding hydrogens is 392 g/mol. The summed E-state index contributed by atoms with van der Waals surface area (Å²) in [5, 5.41) is 11.5. The first kappa shape index (κ1) is 18.2. The van der Waals surface area contributed by atoms with E-state index in [1.54, 1.807) is 18.2 Å². The Morgan fingerprint density at radius 1 is 1.16 bits per heavy atom. The smallest absolute Gasteiger partial charge is 0.404 e. The third-order valence-corrected chi connectivity index (χ3v) is 5.29. The molecule has 10 heteroatoms. The van der Waals surface area contributed by atoms with Crippen molar-refractivity contribution in [1.29, 1.82) is 0 Å². The van der Waals surface area contributed by atoms with Crippen molar-refractivity contribution in [2.45, 2.75) is 12.5 Å². The van der Waals surface area contributed by atoms with Gasteiger partial charge in [-0.25, -0.2) is 4.57 Å². The predicted molar refractivity (Wildman–Crippen MR) is 92.2 cm³/mol. The molecule has 2 aromatic carbocycles. The fraction of sp³-hybridized carbons (Fsp3) is 0.200. The molecule has 0 aliphatic carbocycles. The molecule has 7 nitrogen and oxygen atoms in total. The normalized spacial score (nSPS) is 23.2. The highest BCUT2D eigenvalue weighted by molar-refractivity contribution is 7.49. The van der Waals surface area contributed by atoms with E-state index in [2.05, 4.69) is 0 Å². The fourth-order valence-corrected chi connectivity index (χ4v) is 4.25. The van der Waals surface area contributed by atoms with Gasteiger partial charge in [0.1, 0.15) is 5.75 Å². The third kappa shape index (κ3) is 4.51. The summed E-state index contributed by atoms with van der Waals surface area (Å²) in [5.41, 5.74) is 0.552. The average Bonchev–Trinajstić information content (AvgIpc) is 2.54. The lowest BCUT2D eigenvalue weighted by molar-refractivity contribution is -0.384. The van der Waals surface area contributed by atoms with Crippen molar-refractivity contribution in [3.8, 4) is 5.75 Å². The van der Waals surface area contributed by atoms with Gasteiger partial charge in [0.05, 0.1) is 17.6 Å². The van der Waals surface area contributed by atoms with Crippen molar-refractivity contribution in [1.82, 2.24) is 0 Å². The molecule has 2 aromatic rings. The topological polar surface area (TPSA) is 87.9 Å². The van der Waals surface area contributed by atoms with E-state index in [0.29, 0.717) is 22.0 Å². The van der Waals surface area contributed by atoms with E-state index in [-0.39, 0.29) is 18.0 Å². The van der Waals surface area contributed by atoms with Gasteiger partial charge in [0, 0.05) is 28.6 Å². The van der Waals surface area contributed by atoms with E-state index in [0.717, 1.165) is 0 Å². The maximum atomic E-state index is 12.7. The molecule has 0 spiro atoms. The molecular formula is C15H12Cl2NO6P. The molecule has 0 bridgehead atoms. The number of nitrogens with zero attached hydrogens (tertiary/aromatic N) is 1. The highest BCUT2D eigenvalue weighted by Gasteiger charge is 2.37. The Balaban J connectivity index is 1.77. The summed E-state index contributed by atoms with van der Waals surface area (Å²) < 4.78 is 28.7. The van der Waals surface area contributed by atoms with Gasteiger partial charge in [-0.05, 0) is 35.9 Å². The van der Waals surface area contributed by atoms with Gasteiger partial charge in [0.15, 0.2) is 0 Å². The van der Waals surface area contributed by atoms with Gasteiger partial charge >= 0.3 is 7.82 Å². The largest absolute Gasteiger partial charge is 0.530 e. The van der Waals surface area contributed by atoms with Crippen LogP contribution < -0.4 is 4.52 Å². The Morgan fingerprint density at radius 2 is 1.80 bits per heavy atom. The number of halogens is 2. The van der Waals surface area contributed by atoms with Crippen LogP contribution >= 0.6 is 31.0 Å². The summed E-state index contributed by atoms with van der Waals surface area (Å²) in [7, 11) is -3.88. The summed E-state index contributed by atoms with van der Waals surface area (Å²) in [5.74, 6) is 0.138. The van der Waals surface area contributed by atoms with E-state index in [1.807, 2.05) is 0 Å². The molecule has 25 heavy (non-hydrogen) atoms. The fourth-order valence-electron chi connectivity index (χ4n) is 2.30. The van der Waals surface area contributed by atoms with Crippen LogP contribution in [0.2, 0.25) is 10.0 Å². The van der Waals surface area contributed by atoms with Crippen molar-refractivity contribution < 1.29 is 23.1 Å². The molecule has 0 N–H and O–H groups in total. The lowest BCUT2D eigenvalue weighted by atomic mass is 10.1. The van der Waals surface area contributed by atoms with Crippen LogP contribution in [-0.4, -0.2) is 11.5 Å². The zero-order valence-electron chi connectivity index (χ0n) is 12.6. The Bertz CT molecular complexity index is 824. The first-order valence-corrected chi connectivity index (χ1v) is 9.39. The molecule has 3 rings (SSSR count). The Hall–Kier alpha value is -1.63. The van der Waals surface area contributed by atoms with Crippen molar-refractivity contribution >= 4 is 36.7 Å². The predicted octanol–water partition coefficient (Wildman–Crippen LogP) is 5.57. The quantitative estimate of drug-likeness (QED) is 0.376. The maximum absolute atomic E-state index is 12.7. The Morgan fingerprint density at radius 3 is 2.40 bits per heavy atom. The van der Waals surface area contributed by atoms with Gasteiger partial charge in [-0.2, -0.15) is 0 Å². The zero-order chi connectivity index (χ0) is 18.0. The van der Waals surface area contributed by atoms with Crippen LogP contribution in [0, 0.1) is 10.1 Å². The molecule has 132 valence electrons. The number of nitro benzene ring substituents is 1. The molecule has 1 aliphatic heterocycles. The Kier molecular flexibility index (Phi) is 5.32. The summed E-state index contributed by atoms with van der Waals surface area (Å²) >= 11 is 12.0. The van der Waals surface area contributed by atoms with E-state index < -0.39 is 18.8 Å². The van der Waals surface area contributed by atoms with Crippen molar-refractivity contribution in [2.75, 3.05) is 6.61 Å². The molecule has 0 saturated carbocycles. The number of hydrogen-bond acceptors (Lipinski definition) is 6. The van der Waals surface area contributed by atoms with Gasteiger partial charge < -0.3 is 4.52 Å². The van der Waals surface area contributed by atoms with E-state index in [1.165, 1.54) is 24.3 Å². The molecule has 0 radical (unpaired) electrons. The number of phosphoric acid groups is 1. The van der Waals surface area contributed by atoms with Gasteiger partial charge in [0.25, 0.3) is 5.69 Å². The second-order valence-electron chi connectivity index (χ2n) is 5.21. The van der Waals surface area contributed by atoms with Crippen LogP contribution in [0.4, 0.5) is 5.69 Å². The van der Waals surface area contributed by atoms with E-state index >= 15 is 0 Å². The highest BCUT2D eigenvalue weighted by atomic mass is 35.5. The second-order valence-corrected chi connectivity index (χ2v) is 7.63. The number of nitro groups is 1. The monoisotopic (exact) mass is 403 g/mol. The molecule has 2 atom stereocenters. The van der Waals surface area contributed by atoms with Crippen molar-refractivity contribution in [3.05, 3.63) is 68.2 Å². The molecule has 1 heterocycles. The van der Waals surface area contributed by atoms with Crippen LogP contribution in [0.25, 0.3) is 0 Å². The minimum Gasteiger partial charge on any atom is -0.404 e. The van der Waals surface area contributed by atoms with Gasteiger partial charge in [-0.1, -0.05) is 23.2 Å². The first-order chi connectivity index (χ1) is 11.8. The summed E-state index contributed by atoms with van der Waals surface area (Å²) in [4.78, 5) is 10.1. The number of hydrogen-bond donors (Lipinski definition) is 0. The SMILES string of the molecule is O=[N+]([O-])c1ccc(OP2(=O)OCCC(c3cc(Cl)cc(Cl)c3)O2)cc1. The molecule has 1 aliphatic rings. The average molecular weight is 404 g/mol. The first-order valence-electron chi connectivity index (χ1n) is 7.18. The minimum absolute atomic E-state index is 0.109. The molecule has 0 amide bonds. The number of phosphoric ester groups is 1. The van der Waals surface area contributed by atoms with Crippen molar-refractivity contribution in [2.24, 2.45) is 0 Å². The molecule has 0 aromatic heterocycles. The minimum atomic E-state index is -3.88. The van der Waals surface area contributed by atoms with Crippen LogP contribution in [0.1, 0.15) is 18.1 Å². The number of benzene rings is 2. The third-order valence-electron chi connectivity index (χ3n) is 3.41. The lowest BCUT2D eigenvalue weighted by Gasteiger charge is -2.29. The number of non-ortho nitro benzene ring substituents is 1.